The fourth-order valence-electron chi connectivity index (χ4n) is 2.77. The molecule has 1 aliphatic rings. The van der Waals surface area contributed by atoms with Gasteiger partial charge in [0.15, 0.2) is 6.73 Å². The van der Waals surface area contributed by atoms with E-state index in [-0.39, 0.29) is 17.9 Å². The van der Waals surface area contributed by atoms with Gasteiger partial charge >= 0.3 is 11.9 Å². The lowest BCUT2D eigenvalue weighted by Gasteiger charge is -2.19. The normalized spacial score (nSPS) is 13.6. The lowest BCUT2D eigenvalue weighted by atomic mass is 10.0. The maximum absolute atomic E-state index is 12.7. The predicted octanol–water partition coefficient (Wildman–Crippen LogP) is 2.60. The molecule has 0 aliphatic carbocycles. The molecule has 0 saturated heterocycles. The van der Waals surface area contributed by atoms with Crippen molar-refractivity contribution in [3.8, 4) is 16.9 Å². The zero-order valence-corrected chi connectivity index (χ0v) is 15.3. The number of aliphatic imine (C=N–C) groups is 1. The average molecular weight is 417 g/mol. The third-order valence-corrected chi connectivity index (χ3v) is 4.15. The minimum absolute atomic E-state index is 0.0499. The molecule has 0 amide bonds. The first-order valence-electron chi connectivity index (χ1n) is 8.69. The Kier molecular flexibility index (Phi) is 5.09. The van der Waals surface area contributed by atoms with Crippen LogP contribution in [0.5, 0.6) is 5.75 Å². The Labute approximate surface area is 167 Å². The summed E-state index contributed by atoms with van der Waals surface area (Å²) in [5.74, 6) is -0.329. The third kappa shape index (κ3) is 4.40. The molecule has 2 heterocycles. The summed E-state index contributed by atoms with van der Waals surface area (Å²) in [6.07, 6.45) is 0.391. The Morgan fingerprint density at radius 2 is 1.83 bits per heavy atom. The molecule has 0 saturated carbocycles. The largest absolute Gasteiger partial charge is 0.573 e. The van der Waals surface area contributed by atoms with Crippen molar-refractivity contribution in [3.05, 3.63) is 65.1 Å². The van der Waals surface area contributed by atoms with Crippen molar-refractivity contribution in [2.45, 2.75) is 6.36 Å². The number of nitrogens with zero attached hydrogens (tertiary/aromatic N) is 5. The zero-order valence-electron chi connectivity index (χ0n) is 15.3. The molecule has 0 atom stereocenters. The van der Waals surface area contributed by atoms with Crippen molar-refractivity contribution in [3.63, 3.8) is 0 Å². The number of benzene rings is 2. The van der Waals surface area contributed by atoms with Gasteiger partial charge in [-0.15, -0.1) is 18.3 Å². The van der Waals surface area contributed by atoms with E-state index < -0.39 is 11.9 Å². The smallest absolute Gasteiger partial charge is 0.406 e. The van der Waals surface area contributed by atoms with Crippen LogP contribution in [0.15, 0.2) is 64.5 Å². The first-order valence-corrected chi connectivity index (χ1v) is 8.69. The van der Waals surface area contributed by atoms with Gasteiger partial charge in [0.2, 0.25) is 0 Å². The monoisotopic (exact) mass is 417 g/mol. The fourth-order valence-corrected chi connectivity index (χ4v) is 2.77. The standard InChI is InChI=1S/C19H14F3N5O3/c20-19(21,22)30-15-5-2-13(3-6-15)14-4-7-17-16(10-14)18(28)27(25-24-17)29-12-26-9-1-8-23-11-26/h1-10H,11-12H2. The van der Waals surface area contributed by atoms with E-state index in [2.05, 4.69) is 20.0 Å². The number of rotatable bonds is 5. The lowest BCUT2D eigenvalue weighted by molar-refractivity contribution is -0.274. The van der Waals surface area contributed by atoms with E-state index in [1.54, 1.807) is 41.6 Å². The molecule has 154 valence electrons. The molecule has 0 unspecified atom stereocenters. The summed E-state index contributed by atoms with van der Waals surface area (Å²) in [7, 11) is 0. The minimum Gasteiger partial charge on any atom is -0.406 e. The second-order valence-electron chi connectivity index (χ2n) is 6.23. The number of hydrogen-bond donors (Lipinski definition) is 0. The van der Waals surface area contributed by atoms with Crippen LogP contribution < -0.4 is 15.1 Å². The molecule has 3 aromatic rings. The van der Waals surface area contributed by atoms with Gasteiger partial charge in [-0.1, -0.05) is 18.2 Å². The maximum atomic E-state index is 12.7. The Balaban J connectivity index is 1.58. The summed E-state index contributed by atoms with van der Waals surface area (Å²) in [6.45, 7) is 0.443. The topological polar surface area (TPSA) is 81.8 Å². The van der Waals surface area contributed by atoms with Gasteiger partial charge in [-0.05, 0) is 51.5 Å². The first kappa shape index (κ1) is 19.4. The van der Waals surface area contributed by atoms with Crippen LogP contribution in [0.25, 0.3) is 22.0 Å². The quantitative estimate of drug-likeness (QED) is 0.635. The van der Waals surface area contributed by atoms with Gasteiger partial charge in [0.25, 0.3) is 0 Å². The number of fused-ring (bicyclic) bond motifs is 1. The van der Waals surface area contributed by atoms with Crippen molar-refractivity contribution < 1.29 is 22.7 Å². The molecule has 30 heavy (non-hydrogen) atoms. The van der Waals surface area contributed by atoms with E-state index >= 15 is 0 Å². The average Bonchev–Trinajstić information content (AvgIpc) is 2.73. The van der Waals surface area contributed by atoms with Crippen LogP contribution in [0.4, 0.5) is 13.2 Å². The highest BCUT2D eigenvalue weighted by atomic mass is 19.4. The maximum Gasteiger partial charge on any atom is 0.573 e. The van der Waals surface area contributed by atoms with Gasteiger partial charge in [-0.3, -0.25) is 9.79 Å². The van der Waals surface area contributed by atoms with E-state index in [1.807, 2.05) is 0 Å². The van der Waals surface area contributed by atoms with E-state index in [1.165, 1.54) is 24.3 Å². The molecule has 0 N–H and O–H groups in total. The number of alkyl halides is 3. The predicted molar refractivity (Wildman–Crippen MR) is 102 cm³/mol. The SMILES string of the molecule is O=c1c2cc(-c3ccc(OC(F)(F)F)cc3)ccc2nnn1OCN1C=CC=NC1. The molecule has 0 bridgehead atoms. The molecular weight excluding hydrogens is 403 g/mol. The molecule has 11 heteroatoms. The highest BCUT2D eigenvalue weighted by Crippen LogP contribution is 2.27. The van der Waals surface area contributed by atoms with Crippen molar-refractivity contribution >= 4 is 17.1 Å². The second-order valence-corrected chi connectivity index (χ2v) is 6.23. The van der Waals surface area contributed by atoms with Crippen molar-refractivity contribution in [2.75, 3.05) is 13.4 Å². The number of halogens is 3. The van der Waals surface area contributed by atoms with E-state index in [4.69, 9.17) is 4.84 Å². The number of aromatic nitrogens is 3. The summed E-state index contributed by atoms with van der Waals surface area (Å²) in [5.41, 5.74) is 1.07. The first-order chi connectivity index (χ1) is 14.4. The van der Waals surface area contributed by atoms with Crippen LogP contribution in [0, 0.1) is 0 Å². The van der Waals surface area contributed by atoms with Crippen molar-refractivity contribution in [1.82, 2.24) is 20.1 Å². The Bertz CT molecular complexity index is 1170. The lowest BCUT2D eigenvalue weighted by Crippen LogP contribution is -2.36. The number of hydrogen-bond acceptors (Lipinski definition) is 7. The van der Waals surface area contributed by atoms with Crippen LogP contribution in [0.1, 0.15) is 0 Å². The molecule has 4 rings (SSSR count). The van der Waals surface area contributed by atoms with Crippen LogP contribution in [0.2, 0.25) is 0 Å². The third-order valence-electron chi connectivity index (χ3n) is 4.15. The van der Waals surface area contributed by atoms with Crippen molar-refractivity contribution in [2.24, 2.45) is 4.99 Å². The highest BCUT2D eigenvalue weighted by Gasteiger charge is 2.30. The van der Waals surface area contributed by atoms with Crippen LogP contribution in [-0.2, 0) is 0 Å². The van der Waals surface area contributed by atoms with Gasteiger partial charge in [0.1, 0.15) is 17.9 Å². The van der Waals surface area contributed by atoms with Gasteiger partial charge in [-0.25, -0.2) is 0 Å². The summed E-state index contributed by atoms with van der Waals surface area (Å²) >= 11 is 0. The molecule has 0 radical (unpaired) electrons. The minimum atomic E-state index is -4.76. The summed E-state index contributed by atoms with van der Waals surface area (Å²) in [6, 6.07) is 10.2. The van der Waals surface area contributed by atoms with Gasteiger partial charge < -0.3 is 14.5 Å². The van der Waals surface area contributed by atoms with E-state index in [0.717, 1.165) is 4.85 Å². The van der Waals surface area contributed by atoms with Gasteiger partial charge in [0, 0.05) is 12.4 Å². The summed E-state index contributed by atoms with van der Waals surface area (Å²) in [5, 5.41) is 7.99. The van der Waals surface area contributed by atoms with Crippen LogP contribution >= 0.6 is 0 Å². The summed E-state index contributed by atoms with van der Waals surface area (Å²) in [4.78, 5) is 24.7. The van der Waals surface area contributed by atoms with E-state index in [9.17, 15) is 18.0 Å². The number of allylic oxidation sites excluding steroid dienone is 1. The molecule has 8 nitrogen and oxygen atoms in total. The number of ether oxygens (including phenoxy) is 1. The Morgan fingerprint density at radius 3 is 2.53 bits per heavy atom. The molecule has 1 aliphatic heterocycles. The Hall–Kier alpha value is -3.89. The molecule has 0 fully saturated rings. The van der Waals surface area contributed by atoms with Crippen LogP contribution in [0.3, 0.4) is 0 Å². The fraction of sp³-hybridized carbons (Fsp3) is 0.158. The zero-order chi connectivity index (χ0) is 21.1. The van der Waals surface area contributed by atoms with Crippen molar-refractivity contribution in [1.29, 1.82) is 0 Å². The summed E-state index contributed by atoms with van der Waals surface area (Å²) < 4.78 is 40.8. The van der Waals surface area contributed by atoms with Gasteiger partial charge in [0.05, 0.1) is 5.39 Å². The second kappa shape index (κ2) is 7.85. The van der Waals surface area contributed by atoms with Gasteiger partial charge in [-0.2, -0.15) is 0 Å². The highest BCUT2D eigenvalue weighted by molar-refractivity contribution is 5.83. The Morgan fingerprint density at radius 1 is 1.07 bits per heavy atom. The van der Waals surface area contributed by atoms with Crippen LogP contribution in [-0.4, -0.2) is 46.0 Å². The molecular formula is C19H14F3N5O3. The van der Waals surface area contributed by atoms with E-state index in [0.29, 0.717) is 23.3 Å². The molecule has 2 aromatic carbocycles. The molecule has 0 spiro atoms. The molecule has 1 aromatic heterocycles.